The van der Waals surface area contributed by atoms with Crippen LogP contribution < -0.4 is 10.2 Å². The lowest BCUT2D eigenvalue weighted by molar-refractivity contribution is 0.263. The van der Waals surface area contributed by atoms with Crippen molar-refractivity contribution in [2.24, 2.45) is 11.3 Å². The van der Waals surface area contributed by atoms with E-state index in [9.17, 15) is 0 Å². The van der Waals surface area contributed by atoms with Crippen molar-refractivity contribution in [1.82, 2.24) is 15.3 Å². The third-order valence-electron chi connectivity index (χ3n) is 3.97. The van der Waals surface area contributed by atoms with Gasteiger partial charge in [0.1, 0.15) is 0 Å². The Bertz CT molecular complexity index is 394. The second kappa shape index (κ2) is 5.87. The Balaban J connectivity index is 1.96. The second-order valence-corrected chi connectivity index (χ2v) is 6.47. The molecule has 1 aromatic rings. The Kier molecular flexibility index (Phi) is 4.40. The average Bonchev–Trinajstić information content (AvgIpc) is 2.86. The smallest absolute Gasteiger partial charge is 0.225 e. The van der Waals surface area contributed by atoms with Crippen molar-refractivity contribution in [3.05, 3.63) is 18.0 Å². The molecule has 4 heteroatoms. The molecule has 0 amide bonds. The summed E-state index contributed by atoms with van der Waals surface area (Å²) in [5, 5.41) is 3.29. The molecule has 0 spiro atoms. The molecule has 1 aliphatic rings. The Labute approximate surface area is 116 Å². The van der Waals surface area contributed by atoms with Gasteiger partial charge in [-0.15, -0.1) is 0 Å². The molecule has 0 aromatic carbocycles. The van der Waals surface area contributed by atoms with Crippen molar-refractivity contribution in [2.75, 3.05) is 24.5 Å². The molecule has 1 aromatic heterocycles. The standard InChI is InChI=1S/C15H26N4/c1-5-16-8-12-9-17-14(18-10-12)19-7-6-13(11-19)15(2,3)4/h9-10,13,16H,5-8,11H2,1-4H3. The lowest BCUT2D eigenvalue weighted by atomic mass is 9.80. The van der Waals surface area contributed by atoms with Crippen LogP contribution in [-0.2, 0) is 6.54 Å². The van der Waals surface area contributed by atoms with Crippen LogP contribution in [-0.4, -0.2) is 29.6 Å². The van der Waals surface area contributed by atoms with Gasteiger partial charge in [0, 0.05) is 37.6 Å². The highest BCUT2D eigenvalue weighted by Gasteiger charge is 2.32. The van der Waals surface area contributed by atoms with Crippen molar-refractivity contribution in [2.45, 2.75) is 40.7 Å². The van der Waals surface area contributed by atoms with Crippen LogP contribution in [0, 0.1) is 11.3 Å². The van der Waals surface area contributed by atoms with Gasteiger partial charge >= 0.3 is 0 Å². The largest absolute Gasteiger partial charge is 0.341 e. The van der Waals surface area contributed by atoms with Gasteiger partial charge in [0.15, 0.2) is 0 Å². The molecular formula is C15H26N4. The highest BCUT2D eigenvalue weighted by molar-refractivity contribution is 5.32. The number of hydrogen-bond acceptors (Lipinski definition) is 4. The monoisotopic (exact) mass is 262 g/mol. The number of hydrogen-bond donors (Lipinski definition) is 1. The van der Waals surface area contributed by atoms with Gasteiger partial charge in [-0.05, 0) is 24.3 Å². The number of nitrogens with one attached hydrogen (secondary N) is 1. The third kappa shape index (κ3) is 3.66. The average molecular weight is 262 g/mol. The van der Waals surface area contributed by atoms with E-state index in [1.54, 1.807) is 0 Å². The second-order valence-electron chi connectivity index (χ2n) is 6.47. The summed E-state index contributed by atoms with van der Waals surface area (Å²) >= 11 is 0. The van der Waals surface area contributed by atoms with Gasteiger partial charge in [-0.1, -0.05) is 27.7 Å². The van der Waals surface area contributed by atoms with Gasteiger partial charge in [0.25, 0.3) is 0 Å². The maximum atomic E-state index is 4.50. The fraction of sp³-hybridized carbons (Fsp3) is 0.733. The molecule has 0 aliphatic carbocycles. The summed E-state index contributed by atoms with van der Waals surface area (Å²) in [5.41, 5.74) is 1.52. The van der Waals surface area contributed by atoms with E-state index in [2.05, 4.69) is 47.9 Å². The predicted molar refractivity (Wildman–Crippen MR) is 79.2 cm³/mol. The highest BCUT2D eigenvalue weighted by atomic mass is 15.3. The van der Waals surface area contributed by atoms with Crippen LogP contribution in [0.1, 0.15) is 39.7 Å². The van der Waals surface area contributed by atoms with Gasteiger partial charge in [0.2, 0.25) is 5.95 Å². The quantitative estimate of drug-likeness (QED) is 0.905. The Morgan fingerprint density at radius 1 is 1.32 bits per heavy atom. The van der Waals surface area contributed by atoms with Crippen LogP contribution in [0.5, 0.6) is 0 Å². The Morgan fingerprint density at radius 3 is 2.53 bits per heavy atom. The molecule has 1 aliphatic heterocycles. The molecular weight excluding hydrogens is 236 g/mol. The molecule has 1 unspecified atom stereocenters. The van der Waals surface area contributed by atoms with E-state index in [-0.39, 0.29) is 0 Å². The summed E-state index contributed by atoms with van der Waals surface area (Å²) < 4.78 is 0. The number of nitrogens with zero attached hydrogens (tertiary/aromatic N) is 3. The van der Waals surface area contributed by atoms with E-state index in [1.807, 2.05) is 12.4 Å². The first-order valence-corrected chi connectivity index (χ1v) is 7.27. The zero-order valence-corrected chi connectivity index (χ0v) is 12.6. The van der Waals surface area contributed by atoms with E-state index < -0.39 is 0 Å². The first-order valence-electron chi connectivity index (χ1n) is 7.27. The minimum atomic E-state index is 0.375. The zero-order chi connectivity index (χ0) is 13.9. The molecule has 19 heavy (non-hydrogen) atoms. The molecule has 4 nitrogen and oxygen atoms in total. The molecule has 106 valence electrons. The van der Waals surface area contributed by atoms with Gasteiger partial charge in [-0.2, -0.15) is 0 Å². The van der Waals surface area contributed by atoms with Crippen LogP contribution in [0.2, 0.25) is 0 Å². The molecule has 0 saturated carbocycles. The first kappa shape index (κ1) is 14.3. The van der Waals surface area contributed by atoms with Crippen molar-refractivity contribution < 1.29 is 0 Å². The molecule has 0 radical (unpaired) electrons. The summed E-state index contributed by atoms with van der Waals surface area (Å²) in [6.45, 7) is 13.0. The van der Waals surface area contributed by atoms with Gasteiger partial charge in [-0.25, -0.2) is 9.97 Å². The summed E-state index contributed by atoms with van der Waals surface area (Å²) in [7, 11) is 0. The summed E-state index contributed by atoms with van der Waals surface area (Å²) in [5.74, 6) is 1.62. The molecule has 2 heterocycles. The van der Waals surface area contributed by atoms with Crippen LogP contribution in [0.25, 0.3) is 0 Å². The van der Waals surface area contributed by atoms with Gasteiger partial charge in [0.05, 0.1) is 0 Å². The molecule has 1 atom stereocenters. The van der Waals surface area contributed by atoms with Crippen molar-refractivity contribution >= 4 is 5.95 Å². The predicted octanol–water partition coefficient (Wildman–Crippen LogP) is 2.46. The van der Waals surface area contributed by atoms with Gasteiger partial charge < -0.3 is 10.2 Å². The zero-order valence-electron chi connectivity index (χ0n) is 12.6. The van der Waals surface area contributed by atoms with Crippen molar-refractivity contribution in [1.29, 1.82) is 0 Å². The minimum absolute atomic E-state index is 0.375. The van der Waals surface area contributed by atoms with Crippen LogP contribution >= 0.6 is 0 Å². The third-order valence-corrected chi connectivity index (χ3v) is 3.97. The molecule has 1 fully saturated rings. The SMILES string of the molecule is CCNCc1cnc(N2CCC(C(C)(C)C)C2)nc1. The highest BCUT2D eigenvalue weighted by Crippen LogP contribution is 2.34. The molecule has 1 saturated heterocycles. The molecule has 0 bridgehead atoms. The fourth-order valence-corrected chi connectivity index (χ4v) is 2.52. The summed E-state index contributed by atoms with van der Waals surface area (Å²) in [4.78, 5) is 11.3. The normalized spacial score (nSPS) is 20.0. The topological polar surface area (TPSA) is 41.1 Å². The van der Waals surface area contributed by atoms with E-state index >= 15 is 0 Å². The van der Waals surface area contributed by atoms with Crippen molar-refractivity contribution in [3.63, 3.8) is 0 Å². The lowest BCUT2D eigenvalue weighted by Gasteiger charge is -2.26. The first-order chi connectivity index (χ1) is 9.00. The van der Waals surface area contributed by atoms with Crippen LogP contribution in [0.15, 0.2) is 12.4 Å². The maximum absolute atomic E-state index is 4.50. The van der Waals surface area contributed by atoms with Crippen molar-refractivity contribution in [3.8, 4) is 0 Å². The Hall–Kier alpha value is -1.16. The summed E-state index contributed by atoms with van der Waals surface area (Å²) in [6, 6.07) is 0. The van der Waals surface area contributed by atoms with E-state index in [0.29, 0.717) is 5.41 Å². The van der Waals surface area contributed by atoms with E-state index in [4.69, 9.17) is 0 Å². The van der Waals surface area contributed by atoms with E-state index in [0.717, 1.165) is 43.6 Å². The number of anilines is 1. The summed E-state index contributed by atoms with van der Waals surface area (Å²) in [6.07, 6.45) is 5.12. The lowest BCUT2D eigenvalue weighted by Crippen LogP contribution is -2.27. The fourth-order valence-electron chi connectivity index (χ4n) is 2.52. The molecule has 1 N–H and O–H groups in total. The Morgan fingerprint density at radius 2 is 2.00 bits per heavy atom. The maximum Gasteiger partial charge on any atom is 0.225 e. The minimum Gasteiger partial charge on any atom is -0.341 e. The molecule has 2 rings (SSSR count). The van der Waals surface area contributed by atoms with Crippen LogP contribution in [0.3, 0.4) is 0 Å². The van der Waals surface area contributed by atoms with Gasteiger partial charge in [-0.3, -0.25) is 0 Å². The number of aromatic nitrogens is 2. The number of rotatable bonds is 4. The van der Waals surface area contributed by atoms with Crippen LogP contribution in [0.4, 0.5) is 5.95 Å². The van der Waals surface area contributed by atoms with E-state index in [1.165, 1.54) is 6.42 Å².